The molecule has 0 fully saturated rings. The number of hydrogen-bond acceptors (Lipinski definition) is 4. The van der Waals surface area contributed by atoms with Crippen molar-refractivity contribution in [3.05, 3.63) is 59.8 Å². The van der Waals surface area contributed by atoms with Gasteiger partial charge in [-0.15, -0.1) is 0 Å². The first-order valence-electron chi connectivity index (χ1n) is 8.43. The lowest BCUT2D eigenvalue weighted by molar-refractivity contribution is -0.139. The van der Waals surface area contributed by atoms with Gasteiger partial charge in [-0.2, -0.15) is 18.3 Å². The average molecular weight is 393 g/mol. The molecule has 28 heavy (non-hydrogen) atoms. The van der Waals surface area contributed by atoms with Gasteiger partial charge in [0, 0.05) is 19.0 Å². The highest BCUT2D eigenvalue weighted by molar-refractivity contribution is 6.04. The molecule has 2 aromatic carbocycles. The largest absolute Gasteiger partial charge is 0.490 e. The molecule has 1 heterocycles. The molecular formula is C19H18F3N3O3. The fourth-order valence-electron chi connectivity index (χ4n) is 2.77. The van der Waals surface area contributed by atoms with E-state index in [0.29, 0.717) is 10.9 Å². The molecule has 0 radical (unpaired) electrons. The summed E-state index contributed by atoms with van der Waals surface area (Å²) in [6, 6.07) is 11.9. The Labute approximate surface area is 158 Å². The minimum Gasteiger partial charge on any atom is -0.490 e. The number of ether oxygens (including phenoxy) is 1. The van der Waals surface area contributed by atoms with E-state index in [2.05, 4.69) is 10.2 Å². The van der Waals surface area contributed by atoms with Gasteiger partial charge in [0.15, 0.2) is 5.69 Å². The standard InChI is InChI=1S/C19H18F3N3O3/c1-25(18(27)17-13-6-2-4-8-15(13)23-24-17)10-12(26)11-28-16-9-5-3-7-14(16)19(20,21)22/h2-9,12,26H,10-11H2,1H3,(H,23,24)/t12-/m0/s1. The second-order valence-corrected chi connectivity index (χ2v) is 6.26. The first-order valence-corrected chi connectivity index (χ1v) is 8.43. The maximum atomic E-state index is 13.0. The van der Waals surface area contributed by atoms with E-state index < -0.39 is 30.4 Å². The lowest BCUT2D eigenvalue weighted by Gasteiger charge is -2.21. The van der Waals surface area contributed by atoms with Crippen LogP contribution in [0.1, 0.15) is 16.1 Å². The minimum atomic E-state index is -4.56. The number of carbonyl (C=O) groups excluding carboxylic acids is 1. The summed E-state index contributed by atoms with van der Waals surface area (Å²) in [5.74, 6) is -0.798. The van der Waals surface area contributed by atoms with Crippen LogP contribution in [0.2, 0.25) is 0 Å². The van der Waals surface area contributed by atoms with E-state index in [-0.39, 0.29) is 18.0 Å². The average Bonchev–Trinajstić information content (AvgIpc) is 3.09. The molecule has 3 aromatic rings. The van der Waals surface area contributed by atoms with Crippen LogP contribution in [-0.2, 0) is 6.18 Å². The number of H-pyrrole nitrogens is 1. The molecule has 2 N–H and O–H groups in total. The molecule has 0 aliphatic rings. The molecule has 3 rings (SSSR count). The molecule has 0 aliphatic heterocycles. The number of rotatable bonds is 6. The topological polar surface area (TPSA) is 78.5 Å². The van der Waals surface area contributed by atoms with E-state index in [0.717, 1.165) is 6.07 Å². The lowest BCUT2D eigenvalue weighted by atomic mass is 10.2. The van der Waals surface area contributed by atoms with Gasteiger partial charge < -0.3 is 14.7 Å². The summed E-state index contributed by atoms with van der Waals surface area (Å²) in [7, 11) is 1.47. The second-order valence-electron chi connectivity index (χ2n) is 6.26. The number of para-hydroxylation sites is 2. The fraction of sp³-hybridized carbons (Fsp3) is 0.263. The summed E-state index contributed by atoms with van der Waals surface area (Å²) in [5.41, 5.74) is -0.0184. The van der Waals surface area contributed by atoms with E-state index in [1.807, 2.05) is 0 Å². The molecule has 148 valence electrons. The number of nitrogens with zero attached hydrogens (tertiary/aromatic N) is 2. The van der Waals surface area contributed by atoms with Gasteiger partial charge in [-0.05, 0) is 18.2 Å². The number of halogens is 3. The third-order valence-corrected chi connectivity index (χ3v) is 4.13. The number of aromatic amines is 1. The number of likely N-dealkylation sites (N-methyl/N-ethyl adjacent to an activating group) is 1. The summed E-state index contributed by atoms with van der Waals surface area (Å²) in [4.78, 5) is 13.8. The Morgan fingerprint density at radius 3 is 2.64 bits per heavy atom. The Balaban J connectivity index is 1.62. The van der Waals surface area contributed by atoms with Crippen molar-refractivity contribution in [2.75, 3.05) is 20.2 Å². The Bertz CT molecular complexity index is 971. The number of aromatic nitrogens is 2. The summed E-state index contributed by atoms with van der Waals surface area (Å²) < 4.78 is 44.0. The van der Waals surface area contributed by atoms with Crippen LogP contribution < -0.4 is 4.74 Å². The zero-order valence-corrected chi connectivity index (χ0v) is 14.9. The van der Waals surface area contributed by atoms with Gasteiger partial charge >= 0.3 is 6.18 Å². The molecule has 1 aromatic heterocycles. The van der Waals surface area contributed by atoms with Gasteiger partial charge in [0.2, 0.25) is 0 Å². The highest BCUT2D eigenvalue weighted by Crippen LogP contribution is 2.35. The Hall–Kier alpha value is -3.07. The van der Waals surface area contributed by atoms with E-state index in [1.54, 1.807) is 24.3 Å². The minimum absolute atomic E-state index is 0.131. The molecule has 1 atom stereocenters. The van der Waals surface area contributed by atoms with Crippen molar-refractivity contribution in [3.8, 4) is 5.75 Å². The van der Waals surface area contributed by atoms with Crippen LogP contribution in [0.25, 0.3) is 10.9 Å². The van der Waals surface area contributed by atoms with Crippen molar-refractivity contribution in [2.24, 2.45) is 0 Å². The molecule has 9 heteroatoms. The van der Waals surface area contributed by atoms with Crippen LogP contribution >= 0.6 is 0 Å². The third kappa shape index (κ3) is 4.25. The van der Waals surface area contributed by atoms with Crippen molar-refractivity contribution >= 4 is 16.8 Å². The molecule has 0 bridgehead atoms. The monoisotopic (exact) mass is 393 g/mol. The summed E-state index contributed by atoms with van der Waals surface area (Å²) in [6.07, 6.45) is -5.74. The maximum absolute atomic E-state index is 13.0. The Morgan fingerprint density at radius 2 is 1.89 bits per heavy atom. The molecule has 0 saturated carbocycles. The number of hydrogen-bond donors (Lipinski definition) is 2. The van der Waals surface area contributed by atoms with Gasteiger partial charge in [0.1, 0.15) is 18.5 Å². The predicted molar refractivity (Wildman–Crippen MR) is 96.0 cm³/mol. The molecular weight excluding hydrogens is 375 g/mol. The van der Waals surface area contributed by atoms with E-state index in [9.17, 15) is 23.1 Å². The highest BCUT2D eigenvalue weighted by atomic mass is 19.4. The number of amides is 1. The number of aliphatic hydroxyl groups excluding tert-OH is 1. The van der Waals surface area contributed by atoms with Gasteiger partial charge in [-0.1, -0.05) is 30.3 Å². The van der Waals surface area contributed by atoms with Crippen LogP contribution in [0.3, 0.4) is 0 Å². The van der Waals surface area contributed by atoms with Crippen molar-refractivity contribution < 1.29 is 27.8 Å². The van der Waals surface area contributed by atoms with Crippen LogP contribution in [-0.4, -0.2) is 52.4 Å². The first kappa shape index (κ1) is 19.7. The number of alkyl halides is 3. The van der Waals surface area contributed by atoms with E-state index in [1.165, 1.54) is 30.1 Å². The van der Waals surface area contributed by atoms with Crippen molar-refractivity contribution in [2.45, 2.75) is 12.3 Å². The van der Waals surface area contributed by atoms with Crippen molar-refractivity contribution in [1.29, 1.82) is 0 Å². The van der Waals surface area contributed by atoms with Gasteiger partial charge in [0.05, 0.1) is 11.1 Å². The molecule has 0 saturated heterocycles. The first-order chi connectivity index (χ1) is 13.3. The number of fused-ring (bicyclic) bond motifs is 1. The normalized spacial score (nSPS) is 12.8. The predicted octanol–water partition coefficient (Wildman–Crippen LogP) is 3.09. The van der Waals surface area contributed by atoms with Crippen molar-refractivity contribution in [1.82, 2.24) is 15.1 Å². The number of aliphatic hydroxyl groups is 1. The van der Waals surface area contributed by atoms with Crippen LogP contribution in [0, 0.1) is 0 Å². The lowest BCUT2D eigenvalue weighted by Crippen LogP contribution is -2.37. The van der Waals surface area contributed by atoms with Crippen LogP contribution in [0.4, 0.5) is 13.2 Å². The van der Waals surface area contributed by atoms with Crippen LogP contribution in [0.5, 0.6) is 5.75 Å². The molecule has 0 spiro atoms. The summed E-state index contributed by atoms with van der Waals surface area (Å²) in [5, 5.41) is 17.5. The smallest absolute Gasteiger partial charge is 0.419 e. The molecule has 0 unspecified atom stereocenters. The summed E-state index contributed by atoms with van der Waals surface area (Å²) in [6.45, 7) is -0.528. The Kier molecular flexibility index (Phi) is 5.55. The maximum Gasteiger partial charge on any atom is 0.419 e. The van der Waals surface area contributed by atoms with Crippen molar-refractivity contribution in [3.63, 3.8) is 0 Å². The fourth-order valence-corrected chi connectivity index (χ4v) is 2.77. The quantitative estimate of drug-likeness (QED) is 0.675. The molecule has 1 amide bonds. The second kappa shape index (κ2) is 7.89. The van der Waals surface area contributed by atoms with Gasteiger partial charge in [-0.3, -0.25) is 9.89 Å². The van der Waals surface area contributed by atoms with Gasteiger partial charge in [0.25, 0.3) is 5.91 Å². The number of benzene rings is 2. The molecule has 6 nitrogen and oxygen atoms in total. The highest BCUT2D eigenvalue weighted by Gasteiger charge is 2.34. The Morgan fingerprint density at radius 1 is 1.21 bits per heavy atom. The molecule has 0 aliphatic carbocycles. The van der Waals surface area contributed by atoms with Gasteiger partial charge in [-0.25, -0.2) is 0 Å². The summed E-state index contributed by atoms with van der Waals surface area (Å²) >= 11 is 0. The zero-order valence-electron chi connectivity index (χ0n) is 14.9. The van der Waals surface area contributed by atoms with E-state index >= 15 is 0 Å². The zero-order chi connectivity index (χ0) is 20.3. The SMILES string of the molecule is CN(C[C@H](O)COc1ccccc1C(F)(F)F)C(=O)c1n[nH]c2ccccc12. The third-order valence-electron chi connectivity index (χ3n) is 4.13. The number of carbonyl (C=O) groups is 1. The number of nitrogens with one attached hydrogen (secondary N) is 1. The van der Waals surface area contributed by atoms with Crippen LogP contribution in [0.15, 0.2) is 48.5 Å². The van der Waals surface area contributed by atoms with E-state index in [4.69, 9.17) is 4.74 Å².